The van der Waals surface area contributed by atoms with Crippen LogP contribution in [0.3, 0.4) is 0 Å². The number of piperazine rings is 1. The van der Waals surface area contributed by atoms with E-state index in [-0.39, 0.29) is 52.5 Å². The maximum absolute atomic E-state index is 12.7. The quantitative estimate of drug-likeness (QED) is 0.609. The summed E-state index contributed by atoms with van der Waals surface area (Å²) in [6.45, 7) is 1.58. The van der Waals surface area contributed by atoms with Crippen molar-refractivity contribution in [2.75, 3.05) is 44.2 Å². The molecule has 0 bridgehead atoms. The first-order valence-electron chi connectivity index (χ1n) is 8.17. The largest absolute Gasteiger partial charge is 0.370 e. The molecule has 27 heavy (non-hydrogen) atoms. The van der Waals surface area contributed by atoms with Crippen LogP contribution >= 0.6 is 23.2 Å². The monoisotopic (exact) mass is 457 g/mol. The molecule has 1 amide bonds. The molecule has 1 saturated heterocycles. The average molecular weight is 458 g/mol. The Morgan fingerprint density at radius 1 is 1.00 bits per heavy atom. The second kappa shape index (κ2) is 9.06. The van der Waals surface area contributed by atoms with E-state index in [2.05, 4.69) is 0 Å². The van der Waals surface area contributed by atoms with Gasteiger partial charge in [0, 0.05) is 39.1 Å². The number of hydrogen-bond acceptors (Lipinski definition) is 6. The van der Waals surface area contributed by atoms with Crippen molar-refractivity contribution in [1.29, 1.82) is 0 Å². The number of carbonyl (C=O) groups excluding carboxylic acids is 1. The first-order valence-corrected chi connectivity index (χ1v) is 12.2. The van der Waals surface area contributed by atoms with Gasteiger partial charge in [-0.15, -0.1) is 0 Å². The Balaban J connectivity index is 1.91. The molecule has 12 heteroatoms. The van der Waals surface area contributed by atoms with E-state index in [1.807, 2.05) is 4.90 Å². The van der Waals surface area contributed by atoms with E-state index >= 15 is 0 Å². The molecule has 1 heterocycles. The second-order valence-corrected chi connectivity index (χ2v) is 11.2. The van der Waals surface area contributed by atoms with Gasteiger partial charge in [-0.05, 0) is 18.2 Å². The lowest BCUT2D eigenvalue weighted by Crippen LogP contribution is -2.49. The highest BCUT2D eigenvalue weighted by Crippen LogP contribution is 2.27. The molecule has 0 aromatic heterocycles. The van der Waals surface area contributed by atoms with Crippen molar-refractivity contribution in [3.05, 3.63) is 28.2 Å². The number of hydrogen-bond donors (Lipinski definition) is 1. The molecule has 1 fully saturated rings. The highest BCUT2D eigenvalue weighted by atomic mass is 35.5. The zero-order chi connectivity index (χ0) is 20.2. The molecular weight excluding hydrogens is 437 g/mol. The third-order valence-corrected chi connectivity index (χ3v) is 8.50. The van der Waals surface area contributed by atoms with Crippen LogP contribution in [0.1, 0.15) is 6.42 Å². The van der Waals surface area contributed by atoms with Gasteiger partial charge in [0.05, 0.1) is 26.4 Å². The minimum absolute atomic E-state index is 0.0689. The SMILES string of the molecule is NC(=O)CCS(=O)(=O)CCN1CCN(S(=O)(=O)c2ccc(Cl)c(Cl)c2)CC1. The summed E-state index contributed by atoms with van der Waals surface area (Å²) in [4.78, 5) is 12.7. The van der Waals surface area contributed by atoms with Gasteiger partial charge in [-0.3, -0.25) is 9.69 Å². The number of nitrogens with zero attached hydrogens (tertiary/aromatic N) is 2. The summed E-state index contributed by atoms with van der Waals surface area (Å²) >= 11 is 11.7. The molecule has 8 nitrogen and oxygen atoms in total. The second-order valence-electron chi connectivity index (χ2n) is 6.19. The number of nitrogens with two attached hydrogens (primary N) is 1. The van der Waals surface area contributed by atoms with Gasteiger partial charge in [0.1, 0.15) is 0 Å². The first-order chi connectivity index (χ1) is 12.5. The van der Waals surface area contributed by atoms with E-state index in [1.165, 1.54) is 22.5 Å². The molecule has 1 aliphatic heterocycles. The third kappa shape index (κ3) is 6.30. The van der Waals surface area contributed by atoms with Crippen LogP contribution in [0.4, 0.5) is 0 Å². The van der Waals surface area contributed by atoms with E-state index in [0.29, 0.717) is 13.1 Å². The zero-order valence-electron chi connectivity index (χ0n) is 14.5. The van der Waals surface area contributed by atoms with E-state index in [9.17, 15) is 21.6 Å². The van der Waals surface area contributed by atoms with Crippen molar-refractivity contribution in [2.45, 2.75) is 11.3 Å². The number of carbonyl (C=O) groups is 1. The fraction of sp³-hybridized carbons (Fsp3) is 0.533. The lowest BCUT2D eigenvalue weighted by molar-refractivity contribution is -0.117. The molecule has 0 saturated carbocycles. The molecule has 2 N–H and O–H groups in total. The van der Waals surface area contributed by atoms with Crippen LogP contribution in [0.15, 0.2) is 23.1 Å². The van der Waals surface area contributed by atoms with Crippen molar-refractivity contribution >= 4 is 49.0 Å². The van der Waals surface area contributed by atoms with Crippen molar-refractivity contribution in [2.24, 2.45) is 5.73 Å². The van der Waals surface area contributed by atoms with E-state index in [0.717, 1.165) is 0 Å². The summed E-state index contributed by atoms with van der Waals surface area (Å²) < 4.78 is 50.5. The van der Waals surface area contributed by atoms with Gasteiger partial charge in [-0.1, -0.05) is 23.2 Å². The smallest absolute Gasteiger partial charge is 0.243 e. The minimum atomic E-state index is -3.69. The average Bonchev–Trinajstić information content (AvgIpc) is 2.61. The number of amides is 1. The van der Waals surface area contributed by atoms with Crippen LogP contribution in [-0.2, 0) is 24.7 Å². The van der Waals surface area contributed by atoms with Gasteiger partial charge in [0.15, 0.2) is 9.84 Å². The molecule has 0 spiro atoms. The van der Waals surface area contributed by atoms with Gasteiger partial charge in [-0.2, -0.15) is 4.31 Å². The number of primary amides is 1. The van der Waals surface area contributed by atoms with E-state index in [1.54, 1.807) is 0 Å². The Morgan fingerprint density at radius 2 is 1.63 bits per heavy atom. The van der Waals surface area contributed by atoms with Crippen LogP contribution < -0.4 is 5.73 Å². The first kappa shape index (κ1) is 22.4. The van der Waals surface area contributed by atoms with Crippen LogP contribution in [-0.4, -0.2) is 76.2 Å². The molecule has 152 valence electrons. The molecule has 1 aromatic carbocycles. The Morgan fingerprint density at radius 3 is 2.19 bits per heavy atom. The predicted molar refractivity (Wildman–Crippen MR) is 104 cm³/mol. The number of sulfone groups is 1. The predicted octanol–water partition coefficient (Wildman–Crippen LogP) is 0.590. The molecule has 0 atom stereocenters. The lowest BCUT2D eigenvalue weighted by atomic mass is 10.4. The Hall–Kier alpha value is -0.910. The van der Waals surface area contributed by atoms with Gasteiger partial charge >= 0.3 is 0 Å². The summed E-state index contributed by atoms with van der Waals surface area (Å²) in [6.07, 6.45) is -0.196. The van der Waals surface area contributed by atoms with Crippen molar-refractivity contribution < 1.29 is 21.6 Å². The number of sulfonamides is 1. The molecule has 0 aliphatic carbocycles. The topological polar surface area (TPSA) is 118 Å². The Bertz CT molecular complexity index is 898. The molecule has 0 unspecified atom stereocenters. The van der Waals surface area contributed by atoms with Crippen LogP contribution in [0.25, 0.3) is 0 Å². The third-order valence-electron chi connectivity index (χ3n) is 4.24. The summed E-state index contributed by atoms with van der Waals surface area (Å²) in [5.41, 5.74) is 4.97. The Labute approximate surface area is 169 Å². The number of benzene rings is 1. The summed E-state index contributed by atoms with van der Waals surface area (Å²) in [5, 5.41) is 0.440. The van der Waals surface area contributed by atoms with Crippen molar-refractivity contribution in [3.8, 4) is 0 Å². The highest BCUT2D eigenvalue weighted by molar-refractivity contribution is 7.91. The van der Waals surface area contributed by atoms with Crippen LogP contribution in [0.2, 0.25) is 10.0 Å². The fourth-order valence-electron chi connectivity index (χ4n) is 2.61. The Kier molecular flexibility index (Phi) is 7.51. The number of halogens is 2. The van der Waals surface area contributed by atoms with Crippen LogP contribution in [0.5, 0.6) is 0 Å². The summed E-state index contributed by atoms with van der Waals surface area (Å²) in [6, 6.07) is 4.15. The minimum Gasteiger partial charge on any atom is -0.370 e. The van der Waals surface area contributed by atoms with Crippen molar-refractivity contribution in [3.63, 3.8) is 0 Å². The van der Waals surface area contributed by atoms with Gasteiger partial charge in [0.25, 0.3) is 0 Å². The highest BCUT2D eigenvalue weighted by Gasteiger charge is 2.29. The van der Waals surface area contributed by atoms with Crippen molar-refractivity contribution in [1.82, 2.24) is 9.21 Å². The maximum Gasteiger partial charge on any atom is 0.243 e. The summed E-state index contributed by atoms with van der Waals surface area (Å²) in [5.74, 6) is -1.02. The standard InChI is InChI=1S/C15H21Cl2N3O5S2/c16-13-2-1-12(11-14(13)17)27(24,25)20-6-4-19(5-7-20)8-10-26(22,23)9-3-15(18)21/h1-2,11H,3-10H2,(H2,18,21). The van der Waals surface area contributed by atoms with Gasteiger partial charge in [0.2, 0.25) is 15.9 Å². The fourth-order valence-corrected chi connectivity index (χ4v) is 5.67. The van der Waals surface area contributed by atoms with E-state index in [4.69, 9.17) is 28.9 Å². The lowest BCUT2D eigenvalue weighted by Gasteiger charge is -2.33. The molecular formula is C15H21Cl2N3O5S2. The zero-order valence-corrected chi connectivity index (χ0v) is 17.6. The molecule has 1 aromatic rings. The van der Waals surface area contributed by atoms with Gasteiger partial charge < -0.3 is 5.73 Å². The summed E-state index contributed by atoms with van der Waals surface area (Å²) in [7, 11) is -7.06. The molecule has 1 aliphatic rings. The molecule has 0 radical (unpaired) electrons. The maximum atomic E-state index is 12.7. The van der Waals surface area contributed by atoms with Gasteiger partial charge in [-0.25, -0.2) is 16.8 Å². The number of rotatable bonds is 8. The van der Waals surface area contributed by atoms with E-state index < -0.39 is 25.8 Å². The van der Waals surface area contributed by atoms with Crippen LogP contribution in [0, 0.1) is 0 Å². The molecule has 2 rings (SSSR count). The normalized spacial score (nSPS) is 17.1.